The lowest BCUT2D eigenvalue weighted by Crippen LogP contribution is -2.06. The molecular weight excluding hydrogens is 258 g/mol. The SMILES string of the molecule is CCc1ccc(C(C)Nc2nc(COC)ns2)cc1. The number of hydrogen-bond donors (Lipinski definition) is 1. The monoisotopic (exact) mass is 277 g/mol. The minimum absolute atomic E-state index is 0.217. The van der Waals surface area contributed by atoms with Crippen molar-refractivity contribution in [3.05, 3.63) is 41.2 Å². The molecule has 0 fully saturated rings. The molecule has 0 bridgehead atoms. The van der Waals surface area contributed by atoms with Crippen LogP contribution in [-0.4, -0.2) is 16.5 Å². The van der Waals surface area contributed by atoms with Crippen LogP contribution in [0.4, 0.5) is 5.13 Å². The smallest absolute Gasteiger partial charge is 0.203 e. The van der Waals surface area contributed by atoms with E-state index in [1.54, 1.807) is 7.11 Å². The van der Waals surface area contributed by atoms with Gasteiger partial charge in [-0.3, -0.25) is 0 Å². The van der Waals surface area contributed by atoms with Crippen molar-refractivity contribution in [2.45, 2.75) is 32.9 Å². The minimum Gasteiger partial charge on any atom is -0.377 e. The number of benzene rings is 1. The molecule has 2 aromatic rings. The van der Waals surface area contributed by atoms with E-state index in [0.29, 0.717) is 6.61 Å². The van der Waals surface area contributed by atoms with Crippen molar-refractivity contribution >= 4 is 16.7 Å². The summed E-state index contributed by atoms with van der Waals surface area (Å²) in [6, 6.07) is 8.88. The predicted molar refractivity (Wildman–Crippen MR) is 78.5 cm³/mol. The second kappa shape index (κ2) is 6.63. The van der Waals surface area contributed by atoms with Gasteiger partial charge in [0.1, 0.15) is 6.61 Å². The molecule has 5 heteroatoms. The fraction of sp³-hybridized carbons (Fsp3) is 0.429. The number of nitrogens with zero attached hydrogens (tertiary/aromatic N) is 2. The van der Waals surface area contributed by atoms with Crippen LogP contribution in [0.5, 0.6) is 0 Å². The Morgan fingerprint density at radius 2 is 2.05 bits per heavy atom. The van der Waals surface area contributed by atoms with Gasteiger partial charge in [0.05, 0.1) is 6.04 Å². The van der Waals surface area contributed by atoms with Gasteiger partial charge in [-0.15, -0.1) is 0 Å². The zero-order chi connectivity index (χ0) is 13.7. The van der Waals surface area contributed by atoms with Crippen LogP contribution in [0.1, 0.15) is 36.8 Å². The van der Waals surface area contributed by atoms with Gasteiger partial charge < -0.3 is 10.1 Å². The van der Waals surface area contributed by atoms with Gasteiger partial charge in [-0.25, -0.2) is 4.98 Å². The molecule has 1 unspecified atom stereocenters. The molecule has 0 radical (unpaired) electrons. The van der Waals surface area contributed by atoms with E-state index in [1.165, 1.54) is 22.7 Å². The van der Waals surface area contributed by atoms with E-state index >= 15 is 0 Å². The summed E-state index contributed by atoms with van der Waals surface area (Å²) in [6.45, 7) is 4.74. The first-order chi connectivity index (χ1) is 9.22. The van der Waals surface area contributed by atoms with Gasteiger partial charge in [-0.2, -0.15) is 4.37 Å². The zero-order valence-corrected chi connectivity index (χ0v) is 12.3. The van der Waals surface area contributed by atoms with E-state index in [2.05, 4.69) is 52.8 Å². The topological polar surface area (TPSA) is 47.0 Å². The Morgan fingerprint density at radius 1 is 1.32 bits per heavy atom. The first-order valence-corrected chi connectivity index (χ1v) is 7.17. The van der Waals surface area contributed by atoms with E-state index in [1.807, 2.05) is 0 Å². The molecule has 0 saturated heterocycles. The third-order valence-corrected chi connectivity index (χ3v) is 3.65. The maximum absolute atomic E-state index is 5.01. The van der Waals surface area contributed by atoms with Crippen LogP contribution in [0.15, 0.2) is 24.3 Å². The van der Waals surface area contributed by atoms with Gasteiger partial charge in [0.2, 0.25) is 5.13 Å². The average molecular weight is 277 g/mol. The van der Waals surface area contributed by atoms with Gasteiger partial charge in [0.15, 0.2) is 5.82 Å². The molecule has 102 valence electrons. The molecule has 1 heterocycles. The lowest BCUT2D eigenvalue weighted by molar-refractivity contribution is 0.179. The van der Waals surface area contributed by atoms with Gasteiger partial charge >= 0.3 is 0 Å². The first kappa shape index (κ1) is 14.0. The molecule has 19 heavy (non-hydrogen) atoms. The second-order valence-corrected chi connectivity index (χ2v) is 5.16. The lowest BCUT2D eigenvalue weighted by atomic mass is 10.1. The summed E-state index contributed by atoms with van der Waals surface area (Å²) in [7, 11) is 1.64. The van der Waals surface area contributed by atoms with E-state index in [9.17, 15) is 0 Å². The van der Waals surface area contributed by atoms with Crippen LogP contribution in [0.3, 0.4) is 0 Å². The second-order valence-electron chi connectivity index (χ2n) is 4.41. The van der Waals surface area contributed by atoms with E-state index in [0.717, 1.165) is 17.4 Å². The molecule has 4 nitrogen and oxygen atoms in total. The highest BCUT2D eigenvalue weighted by molar-refractivity contribution is 7.09. The van der Waals surface area contributed by atoms with Gasteiger partial charge in [0.25, 0.3) is 0 Å². The van der Waals surface area contributed by atoms with Crippen LogP contribution < -0.4 is 5.32 Å². The quantitative estimate of drug-likeness (QED) is 0.879. The molecule has 0 aliphatic heterocycles. The van der Waals surface area contributed by atoms with E-state index < -0.39 is 0 Å². The number of methoxy groups -OCH3 is 1. The highest BCUT2D eigenvalue weighted by atomic mass is 32.1. The molecule has 2 rings (SSSR count). The fourth-order valence-electron chi connectivity index (χ4n) is 1.81. The zero-order valence-electron chi connectivity index (χ0n) is 11.5. The van der Waals surface area contributed by atoms with Crippen molar-refractivity contribution in [2.75, 3.05) is 12.4 Å². The van der Waals surface area contributed by atoms with Crippen LogP contribution in [-0.2, 0) is 17.8 Å². The average Bonchev–Trinajstić information content (AvgIpc) is 2.86. The molecule has 1 N–H and O–H groups in total. The summed E-state index contributed by atoms with van der Waals surface area (Å²) in [5.74, 6) is 0.725. The summed E-state index contributed by atoms with van der Waals surface area (Å²) in [5, 5.41) is 4.20. The highest BCUT2D eigenvalue weighted by Gasteiger charge is 2.09. The summed E-state index contributed by atoms with van der Waals surface area (Å²) in [4.78, 5) is 4.37. The van der Waals surface area contributed by atoms with E-state index in [-0.39, 0.29) is 6.04 Å². The number of nitrogens with one attached hydrogen (secondary N) is 1. The normalized spacial score (nSPS) is 12.4. The number of anilines is 1. The fourth-order valence-corrected chi connectivity index (χ4v) is 2.47. The van der Waals surface area contributed by atoms with Crippen LogP contribution in [0, 0.1) is 0 Å². The summed E-state index contributed by atoms with van der Waals surface area (Å²) < 4.78 is 9.23. The van der Waals surface area contributed by atoms with Crippen molar-refractivity contribution in [1.82, 2.24) is 9.36 Å². The third-order valence-electron chi connectivity index (χ3n) is 2.97. The van der Waals surface area contributed by atoms with Gasteiger partial charge in [-0.1, -0.05) is 31.2 Å². The van der Waals surface area contributed by atoms with Crippen LogP contribution in [0.2, 0.25) is 0 Å². The summed E-state index contributed by atoms with van der Waals surface area (Å²) >= 11 is 1.37. The number of hydrogen-bond acceptors (Lipinski definition) is 5. The Morgan fingerprint density at radius 3 is 2.68 bits per heavy atom. The van der Waals surface area contributed by atoms with E-state index in [4.69, 9.17) is 4.74 Å². The Labute approximate surface area is 118 Å². The number of aromatic nitrogens is 2. The van der Waals surface area contributed by atoms with Gasteiger partial charge in [-0.05, 0) is 24.5 Å². The molecule has 1 aromatic carbocycles. The van der Waals surface area contributed by atoms with Gasteiger partial charge in [0, 0.05) is 18.6 Å². The van der Waals surface area contributed by atoms with Crippen LogP contribution in [0.25, 0.3) is 0 Å². The maximum atomic E-state index is 5.01. The number of ether oxygens (including phenoxy) is 1. The van der Waals surface area contributed by atoms with Crippen molar-refractivity contribution in [1.29, 1.82) is 0 Å². The molecule has 0 spiro atoms. The van der Waals surface area contributed by atoms with Crippen molar-refractivity contribution in [2.24, 2.45) is 0 Å². The molecule has 0 aliphatic carbocycles. The summed E-state index contributed by atoms with van der Waals surface area (Å²) in [5.41, 5.74) is 2.61. The predicted octanol–water partition coefficient (Wildman–Crippen LogP) is 3.42. The Kier molecular flexibility index (Phi) is 4.87. The maximum Gasteiger partial charge on any atom is 0.203 e. The highest BCUT2D eigenvalue weighted by Crippen LogP contribution is 2.21. The first-order valence-electron chi connectivity index (χ1n) is 6.39. The molecular formula is C14H19N3OS. The van der Waals surface area contributed by atoms with Crippen molar-refractivity contribution in [3.8, 4) is 0 Å². The number of aryl methyl sites for hydroxylation is 1. The number of rotatable bonds is 6. The molecule has 0 aliphatic rings. The summed E-state index contributed by atoms with van der Waals surface area (Å²) in [6.07, 6.45) is 1.07. The Balaban J connectivity index is 2.00. The largest absolute Gasteiger partial charge is 0.377 e. The molecule has 0 saturated carbocycles. The Bertz CT molecular complexity index is 510. The Hall–Kier alpha value is -1.46. The molecule has 0 amide bonds. The molecule has 1 atom stereocenters. The lowest BCUT2D eigenvalue weighted by Gasteiger charge is -2.13. The van der Waals surface area contributed by atoms with Crippen molar-refractivity contribution < 1.29 is 4.74 Å². The van der Waals surface area contributed by atoms with Crippen LogP contribution >= 0.6 is 11.5 Å². The minimum atomic E-state index is 0.217. The van der Waals surface area contributed by atoms with Crippen molar-refractivity contribution in [3.63, 3.8) is 0 Å². The molecule has 1 aromatic heterocycles. The third kappa shape index (κ3) is 3.75. The standard InChI is InChI=1S/C14H19N3OS/c1-4-11-5-7-12(8-6-11)10(2)15-14-16-13(9-18-3)17-19-14/h5-8,10H,4,9H2,1-3H3,(H,15,16,17).